The van der Waals surface area contributed by atoms with Gasteiger partial charge in [0.1, 0.15) is 5.82 Å². The van der Waals surface area contributed by atoms with Gasteiger partial charge in [0.2, 0.25) is 0 Å². The van der Waals surface area contributed by atoms with Gasteiger partial charge >= 0.3 is 0 Å². The van der Waals surface area contributed by atoms with Crippen LogP contribution in [-0.2, 0) is 13.1 Å². The Balaban J connectivity index is 1.82. The van der Waals surface area contributed by atoms with Crippen molar-refractivity contribution in [3.63, 3.8) is 0 Å². The highest BCUT2D eigenvalue weighted by molar-refractivity contribution is 8.00. The highest BCUT2D eigenvalue weighted by Crippen LogP contribution is 2.24. The van der Waals surface area contributed by atoms with Crippen LogP contribution in [0, 0.1) is 11.3 Å². The van der Waals surface area contributed by atoms with E-state index in [4.69, 9.17) is 5.26 Å². The normalized spacial score (nSPS) is 16.7. The molecule has 3 rings (SSSR count). The molecule has 5 nitrogen and oxygen atoms in total. The summed E-state index contributed by atoms with van der Waals surface area (Å²) in [5.74, 6) is 0.994. The number of likely N-dealkylation sites (tertiary alicyclic amines) is 1. The Hall–Kier alpha value is -1.84. The minimum absolute atomic E-state index is 0.133. The van der Waals surface area contributed by atoms with Crippen LogP contribution in [0.2, 0.25) is 0 Å². The molecule has 1 saturated heterocycles. The fourth-order valence-corrected chi connectivity index (χ4v) is 3.70. The molecule has 2 aromatic rings. The van der Waals surface area contributed by atoms with Crippen molar-refractivity contribution in [3.8, 4) is 6.07 Å². The van der Waals surface area contributed by atoms with Crippen LogP contribution in [0.1, 0.15) is 37.6 Å². The van der Waals surface area contributed by atoms with Crippen molar-refractivity contribution in [1.82, 2.24) is 19.7 Å². The molecule has 2 heterocycles. The van der Waals surface area contributed by atoms with Gasteiger partial charge in [0.15, 0.2) is 5.16 Å². The minimum atomic E-state index is -0.133. The third kappa shape index (κ3) is 4.37. The van der Waals surface area contributed by atoms with Crippen LogP contribution in [0.15, 0.2) is 35.5 Å². The SMILES string of the molecule is C[C@@H](C#N)Sc1nnc(CN2CCCCC2)n1Cc1ccccc1. The summed E-state index contributed by atoms with van der Waals surface area (Å²) in [6, 6.07) is 12.6. The van der Waals surface area contributed by atoms with E-state index in [1.807, 2.05) is 13.0 Å². The maximum Gasteiger partial charge on any atom is 0.192 e. The predicted octanol–water partition coefficient (Wildman–Crippen LogP) is 3.32. The fraction of sp³-hybridized carbons (Fsp3) is 0.500. The van der Waals surface area contributed by atoms with Crippen LogP contribution >= 0.6 is 11.8 Å². The van der Waals surface area contributed by atoms with Crippen LogP contribution in [0.25, 0.3) is 0 Å². The standard InChI is InChI=1S/C18H23N5S/c1-15(12-19)24-18-21-20-17(14-22-10-6-3-7-11-22)23(18)13-16-8-4-2-5-9-16/h2,4-5,8-9,15H,3,6-7,10-11,13-14H2,1H3/t15-/m0/s1. The van der Waals surface area contributed by atoms with Crippen LogP contribution < -0.4 is 0 Å². The molecule has 1 aliphatic heterocycles. The van der Waals surface area contributed by atoms with E-state index in [0.717, 1.165) is 37.2 Å². The quantitative estimate of drug-likeness (QED) is 0.755. The summed E-state index contributed by atoms with van der Waals surface area (Å²) in [5, 5.41) is 18.6. The first-order valence-electron chi connectivity index (χ1n) is 8.51. The molecule has 0 saturated carbocycles. The van der Waals surface area contributed by atoms with E-state index in [0.29, 0.717) is 0 Å². The maximum absolute atomic E-state index is 9.11. The molecule has 126 valence electrons. The summed E-state index contributed by atoms with van der Waals surface area (Å²) >= 11 is 1.48. The van der Waals surface area contributed by atoms with Gasteiger partial charge in [-0.15, -0.1) is 10.2 Å². The highest BCUT2D eigenvalue weighted by Gasteiger charge is 2.19. The van der Waals surface area contributed by atoms with Crippen molar-refractivity contribution in [2.24, 2.45) is 0 Å². The lowest BCUT2D eigenvalue weighted by molar-refractivity contribution is 0.213. The zero-order valence-corrected chi connectivity index (χ0v) is 14.9. The summed E-state index contributed by atoms with van der Waals surface area (Å²) < 4.78 is 2.17. The Morgan fingerprint density at radius 3 is 2.58 bits per heavy atom. The summed E-state index contributed by atoms with van der Waals surface area (Å²) in [4.78, 5) is 2.46. The number of nitriles is 1. The highest BCUT2D eigenvalue weighted by atomic mass is 32.2. The molecule has 0 aliphatic carbocycles. The van der Waals surface area contributed by atoms with Crippen molar-refractivity contribution < 1.29 is 0 Å². The molecule has 1 atom stereocenters. The van der Waals surface area contributed by atoms with Gasteiger partial charge in [-0.05, 0) is 38.4 Å². The van der Waals surface area contributed by atoms with Crippen LogP contribution in [-0.4, -0.2) is 38.0 Å². The number of piperidine rings is 1. The molecule has 1 aliphatic rings. The lowest BCUT2D eigenvalue weighted by atomic mass is 10.1. The average molecular weight is 341 g/mol. The molecule has 1 aromatic heterocycles. The van der Waals surface area contributed by atoms with E-state index < -0.39 is 0 Å². The Kier molecular flexibility index (Phi) is 5.89. The molecular formula is C18H23N5S. The average Bonchev–Trinajstić information content (AvgIpc) is 2.98. The first-order valence-corrected chi connectivity index (χ1v) is 9.39. The molecule has 0 amide bonds. The largest absolute Gasteiger partial charge is 0.300 e. The Morgan fingerprint density at radius 1 is 1.12 bits per heavy atom. The molecule has 1 aromatic carbocycles. The minimum Gasteiger partial charge on any atom is -0.300 e. The van der Waals surface area contributed by atoms with Crippen molar-refractivity contribution >= 4 is 11.8 Å². The number of nitrogens with zero attached hydrogens (tertiary/aromatic N) is 5. The van der Waals surface area contributed by atoms with Gasteiger partial charge < -0.3 is 4.57 Å². The predicted molar refractivity (Wildman–Crippen MR) is 95.6 cm³/mol. The smallest absolute Gasteiger partial charge is 0.192 e. The number of thioether (sulfide) groups is 1. The Morgan fingerprint density at radius 2 is 1.88 bits per heavy atom. The van der Waals surface area contributed by atoms with Gasteiger partial charge in [0.25, 0.3) is 0 Å². The van der Waals surface area contributed by atoms with Crippen molar-refractivity contribution in [1.29, 1.82) is 5.26 Å². The zero-order chi connectivity index (χ0) is 16.8. The monoisotopic (exact) mass is 341 g/mol. The second-order valence-electron chi connectivity index (χ2n) is 6.20. The molecule has 24 heavy (non-hydrogen) atoms. The third-order valence-corrected chi connectivity index (χ3v) is 5.23. The van der Waals surface area contributed by atoms with E-state index in [2.05, 4.69) is 50.0 Å². The van der Waals surface area contributed by atoms with Gasteiger partial charge in [0, 0.05) is 0 Å². The number of benzene rings is 1. The molecule has 0 spiro atoms. The molecule has 0 bridgehead atoms. The lowest BCUT2D eigenvalue weighted by Crippen LogP contribution is -2.30. The zero-order valence-electron chi connectivity index (χ0n) is 14.1. The van der Waals surface area contributed by atoms with Gasteiger partial charge in [-0.25, -0.2) is 0 Å². The van der Waals surface area contributed by atoms with Gasteiger partial charge in [-0.1, -0.05) is 48.5 Å². The number of rotatable bonds is 6. The van der Waals surface area contributed by atoms with Crippen LogP contribution in [0.5, 0.6) is 0 Å². The Bertz CT molecular complexity index is 685. The van der Waals surface area contributed by atoms with Gasteiger partial charge in [-0.2, -0.15) is 5.26 Å². The summed E-state index contributed by atoms with van der Waals surface area (Å²) in [6.07, 6.45) is 3.85. The molecule has 0 radical (unpaired) electrons. The number of aromatic nitrogens is 3. The van der Waals surface area contributed by atoms with E-state index >= 15 is 0 Å². The van der Waals surface area contributed by atoms with Crippen LogP contribution in [0.3, 0.4) is 0 Å². The fourth-order valence-electron chi connectivity index (χ4n) is 2.95. The number of hydrogen-bond donors (Lipinski definition) is 0. The van der Waals surface area contributed by atoms with Crippen LogP contribution in [0.4, 0.5) is 0 Å². The summed E-state index contributed by atoms with van der Waals surface area (Å²) in [5.41, 5.74) is 1.23. The van der Waals surface area contributed by atoms with Crippen molar-refractivity contribution in [2.75, 3.05) is 13.1 Å². The first-order chi connectivity index (χ1) is 11.8. The molecule has 0 N–H and O–H groups in total. The Labute approximate surface area is 147 Å². The molecule has 6 heteroatoms. The number of hydrogen-bond acceptors (Lipinski definition) is 5. The first kappa shape index (κ1) is 17.0. The van der Waals surface area contributed by atoms with E-state index in [9.17, 15) is 0 Å². The van der Waals surface area contributed by atoms with Gasteiger partial charge in [-0.3, -0.25) is 4.90 Å². The molecule has 1 fully saturated rings. The van der Waals surface area contributed by atoms with Crippen molar-refractivity contribution in [2.45, 2.75) is 49.7 Å². The van der Waals surface area contributed by atoms with E-state index in [1.54, 1.807) is 0 Å². The summed E-state index contributed by atoms with van der Waals surface area (Å²) in [6.45, 7) is 5.75. The third-order valence-electron chi connectivity index (χ3n) is 4.25. The summed E-state index contributed by atoms with van der Waals surface area (Å²) in [7, 11) is 0. The van der Waals surface area contributed by atoms with Gasteiger partial charge in [0.05, 0.1) is 24.4 Å². The van der Waals surface area contributed by atoms with Crippen molar-refractivity contribution in [3.05, 3.63) is 41.7 Å². The topological polar surface area (TPSA) is 57.7 Å². The van der Waals surface area contributed by atoms with E-state index in [1.165, 1.54) is 36.6 Å². The molecule has 0 unspecified atom stereocenters. The maximum atomic E-state index is 9.11. The second kappa shape index (κ2) is 8.32. The van der Waals surface area contributed by atoms with E-state index in [-0.39, 0.29) is 5.25 Å². The second-order valence-corrected chi connectivity index (χ2v) is 7.50. The lowest BCUT2D eigenvalue weighted by Gasteiger charge is -2.26. The molecular weight excluding hydrogens is 318 g/mol.